The molecule has 2 atom stereocenters. The Bertz CT molecular complexity index is 850. The van der Waals surface area contributed by atoms with Crippen LogP contribution < -0.4 is 0 Å². The predicted molar refractivity (Wildman–Crippen MR) is 112 cm³/mol. The fourth-order valence-corrected chi connectivity index (χ4v) is 9.13. The summed E-state index contributed by atoms with van der Waals surface area (Å²) in [5.74, 6) is 0.919. The molecule has 1 aromatic heterocycles. The Labute approximate surface area is 160 Å². The lowest BCUT2D eigenvalue weighted by atomic mass is 10.2. The minimum atomic E-state index is -2.44. The average Bonchev–Trinajstić information content (AvgIpc) is 3.03. The van der Waals surface area contributed by atoms with Gasteiger partial charge in [0, 0.05) is 27.7 Å². The maximum Gasteiger partial charge on any atom is 0.273 e. The van der Waals surface area contributed by atoms with E-state index >= 15 is 0 Å². The lowest BCUT2D eigenvalue weighted by Crippen LogP contribution is -2.24. The van der Waals surface area contributed by atoms with Gasteiger partial charge in [0.25, 0.3) is 5.69 Å². The molecule has 2 aromatic rings. The highest BCUT2D eigenvalue weighted by molar-refractivity contribution is 8.67. The molecule has 2 heterocycles. The van der Waals surface area contributed by atoms with Gasteiger partial charge in [-0.2, -0.15) is 4.62 Å². The molecule has 0 aliphatic carbocycles. The van der Waals surface area contributed by atoms with Crippen LogP contribution >= 0.6 is 17.1 Å². The maximum atomic E-state index is 5.90. The number of rotatable bonds is 7. The second-order valence-corrected chi connectivity index (χ2v) is 14.9. The number of fused-ring (bicyclic) bond motifs is 3. The van der Waals surface area contributed by atoms with E-state index in [0.717, 1.165) is 34.9 Å². The summed E-state index contributed by atoms with van der Waals surface area (Å²) < 4.78 is 18.5. The van der Waals surface area contributed by atoms with Gasteiger partial charge in [-0.25, -0.2) is 4.98 Å². The van der Waals surface area contributed by atoms with Crippen molar-refractivity contribution in [2.45, 2.75) is 50.6 Å². The zero-order valence-electron chi connectivity index (χ0n) is 15.0. The number of para-hydroxylation sites is 2. The molecule has 1 aromatic carbocycles. The standard InChI is InChI=1S/C16H24N3O2PS3/c1-5-11-24-22(23,20-6-2)21-18-25-15-17-13-9-7-8-10-14(13)19(15)12-16(25,3)4/h7-10H,5-6,11-12H2,1-4H3. The van der Waals surface area contributed by atoms with Crippen molar-refractivity contribution in [2.75, 3.05) is 12.4 Å². The van der Waals surface area contributed by atoms with Crippen LogP contribution in [-0.4, -0.2) is 26.7 Å². The van der Waals surface area contributed by atoms with Gasteiger partial charge in [0.2, 0.25) is 0 Å². The molecule has 0 radical (unpaired) electrons. The Morgan fingerprint density at radius 3 is 2.88 bits per heavy atom. The average molecular weight is 418 g/mol. The van der Waals surface area contributed by atoms with E-state index in [0.29, 0.717) is 6.61 Å². The zero-order chi connectivity index (χ0) is 18.1. The van der Waals surface area contributed by atoms with Crippen LogP contribution in [0.3, 0.4) is 0 Å². The Balaban J connectivity index is 1.95. The number of benzene rings is 1. The van der Waals surface area contributed by atoms with Gasteiger partial charge in [-0.05, 0) is 51.1 Å². The van der Waals surface area contributed by atoms with Gasteiger partial charge < -0.3 is 9.09 Å². The predicted octanol–water partition coefficient (Wildman–Crippen LogP) is 5.33. The van der Waals surface area contributed by atoms with Crippen LogP contribution in [-0.2, 0) is 38.2 Å². The summed E-state index contributed by atoms with van der Waals surface area (Å²) >= 11 is 7.24. The highest BCUT2D eigenvalue weighted by Crippen LogP contribution is 2.61. The van der Waals surface area contributed by atoms with Crippen molar-refractivity contribution in [1.29, 1.82) is 0 Å². The highest BCUT2D eigenvalue weighted by Gasteiger charge is 2.38. The third-order valence-corrected chi connectivity index (χ3v) is 11.2. The molecule has 0 saturated carbocycles. The number of nitrogens with zero attached hydrogens (tertiary/aromatic N) is 3. The summed E-state index contributed by atoms with van der Waals surface area (Å²) in [6.45, 7) is 9.89. The molecular weight excluding hydrogens is 393 g/mol. The fraction of sp³-hybridized carbons (Fsp3) is 0.562. The van der Waals surface area contributed by atoms with E-state index in [-0.39, 0.29) is 4.75 Å². The second-order valence-electron chi connectivity index (χ2n) is 6.37. The molecular formula is C16H24N3O2PS3. The molecule has 0 N–H and O–H groups in total. The summed E-state index contributed by atoms with van der Waals surface area (Å²) in [6, 6.07) is 8.21. The normalized spacial score (nSPS) is 21.5. The van der Waals surface area contributed by atoms with E-state index in [1.54, 1.807) is 11.4 Å². The first-order valence-electron chi connectivity index (χ1n) is 8.39. The van der Waals surface area contributed by atoms with Gasteiger partial charge in [0.1, 0.15) is 0 Å². The Morgan fingerprint density at radius 1 is 1.40 bits per heavy atom. The molecule has 2 unspecified atom stereocenters. The number of hydrogen-bond acceptors (Lipinski definition) is 6. The Hall–Kier alpha value is -0.240. The summed E-state index contributed by atoms with van der Waals surface area (Å²) in [5, 5.41) is 0.977. The van der Waals surface area contributed by atoms with Crippen LogP contribution in [0.25, 0.3) is 11.0 Å². The molecule has 3 rings (SSSR count). The van der Waals surface area contributed by atoms with Gasteiger partial charge >= 0.3 is 0 Å². The Kier molecular flexibility index (Phi) is 6.08. The molecule has 0 spiro atoms. The van der Waals surface area contributed by atoms with Crippen LogP contribution in [0.2, 0.25) is 0 Å². The first-order valence-corrected chi connectivity index (χ1v) is 13.8. The first kappa shape index (κ1) is 19.5. The summed E-state index contributed by atoms with van der Waals surface area (Å²) in [4.78, 5) is 4.81. The van der Waals surface area contributed by atoms with Crippen LogP contribution in [0.5, 0.6) is 0 Å². The summed E-state index contributed by atoms with van der Waals surface area (Å²) in [6.07, 6.45) is 1.03. The summed E-state index contributed by atoms with van der Waals surface area (Å²) in [5.41, 5.74) is -0.280. The lowest BCUT2D eigenvalue weighted by Gasteiger charge is -2.21. The van der Waals surface area contributed by atoms with Crippen molar-refractivity contribution < 1.29 is 9.15 Å². The van der Waals surface area contributed by atoms with E-state index in [1.165, 1.54) is 0 Å². The minimum absolute atomic E-state index is 0.0475. The fourth-order valence-electron chi connectivity index (χ4n) is 2.70. The van der Waals surface area contributed by atoms with Crippen molar-refractivity contribution in [1.82, 2.24) is 9.55 Å². The van der Waals surface area contributed by atoms with Gasteiger partial charge in [0.15, 0.2) is 5.16 Å². The molecule has 9 heteroatoms. The van der Waals surface area contributed by atoms with Crippen LogP contribution in [0, 0.1) is 0 Å². The topological polar surface area (TPSA) is 48.6 Å². The Morgan fingerprint density at radius 2 is 2.16 bits per heavy atom. The third kappa shape index (κ3) is 4.04. The highest BCUT2D eigenvalue weighted by atomic mass is 32.9. The van der Waals surface area contributed by atoms with Crippen LogP contribution in [0.15, 0.2) is 33.9 Å². The van der Waals surface area contributed by atoms with E-state index in [1.807, 2.05) is 25.1 Å². The number of hydrogen-bond donors (Lipinski definition) is 0. The van der Waals surface area contributed by atoms with Crippen LogP contribution in [0.1, 0.15) is 34.1 Å². The summed E-state index contributed by atoms with van der Waals surface area (Å²) in [7, 11) is -0.478. The minimum Gasteiger partial charge on any atom is -0.321 e. The molecule has 1 aliphatic heterocycles. The van der Waals surface area contributed by atoms with Crippen molar-refractivity contribution >= 4 is 50.6 Å². The van der Waals surface area contributed by atoms with Crippen LogP contribution in [0.4, 0.5) is 0 Å². The molecule has 138 valence electrons. The third-order valence-electron chi connectivity index (χ3n) is 3.80. The van der Waals surface area contributed by atoms with Gasteiger partial charge in [-0.1, -0.05) is 35.0 Å². The SMILES string of the molecule is CCCSP(=S)(OCC)ON=S1c2nc3ccccc3n2CC1(C)C. The van der Waals surface area contributed by atoms with E-state index in [9.17, 15) is 0 Å². The molecule has 0 bridgehead atoms. The van der Waals surface area contributed by atoms with E-state index in [4.69, 9.17) is 25.9 Å². The number of aromatic nitrogens is 2. The number of imidazole rings is 1. The maximum absolute atomic E-state index is 5.90. The molecule has 0 saturated heterocycles. The monoisotopic (exact) mass is 417 g/mol. The second kappa shape index (κ2) is 7.79. The molecule has 5 nitrogen and oxygen atoms in total. The lowest BCUT2D eigenvalue weighted by molar-refractivity contribution is 0.284. The molecule has 25 heavy (non-hydrogen) atoms. The van der Waals surface area contributed by atoms with Crippen molar-refractivity contribution in [3.05, 3.63) is 24.3 Å². The van der Waals surface area contributed by atoms with Crippen molar-refractivity contribution in [2.24, 2.45) is 4.53 Å². The quantitative estimate of drug-likeness (QED) is 0.450. The first-order chi connectivity index (χ1) is 11.9. The zero-order valence-corrected chi connectivity index (χ0v) is 18.3. The van der Waals surface area contributed by atoms with Gasteiger partial charge in [-0.3, -0.25) is 0 Å². The smallest absolute Gasteiger partial charge is 0.273 e. The molecule has 0 fully saturated rings. The van der Waals surface area contributed by atoms with E-state index in [2.05, 4.69) is 35.9 Å². The van der Waals surface area contributed by atoms with Gasteiger partial charge in [-0.15, -0.1) is 0 Å². The largest absolute Gasteiger partial charge is 0.321 e. The van der Waals surface area contributed by atoms with Crippen molar-refractivity contribution in [3.63, 3.8) is 0 Å². The molecule has 0 amide bonds. The van der Waals surface area contributed by atoms with Crippen molar-refractivity contribution in [3.8, 4) is 0 Å². The van der Waals surface area contributed by atoms with Gasteiger partial charge in [0.05, 0.1) is 17.6 Å². The van der Waals surface area contributed by atoms with E-state index < -0.39 is 16.4 Å². The molecule has 1 aliphatic rings.